The lowest BCUT2D eigenvalue weighted by molar-refractivity contribution is -0.127. The van der Waals surface area contributed by atoms with Gasteiger partial charge in [-0.3, -0.25) is 19.2 Å². The van der Waals surface area contributed by atoms with Crippen LogP contribution in [0.1, 0.15) is 177 Å². The van der Waals surface area contributed by atoms with Crippen LogP contribution < -0.4 is 19.5 Å². The first-order valence-corrected chi connectivity index (χ1v) is 38.8. The number of ether oxygens (including phenoxy) is 8. The van der Waals surface area contributed by atoms with E-state index in [0.717, 1.165) is 93.4 Å². The fraction of sp³-hybridized carbons (Fsp3) is 0.400. The van der Waals surface area contributed by atoms with Crippen LogP contribution in [-0.2, 0) is 90.4 Å². The molecule has 0 aromatic heterocycles. The Morgan fingerprint density at radius 2 is 1.24 bits per heavy atom. The summed E-state index contributed by atoms with van der Waals surface area (Å²) in [6.07, 6.45) is 15.8. The molecule has 6 aromatic rings. The molecule has 2 fully saturated rings. The van der Waals surface area contributed by atoms with Gasteiger partial charge < -0.3 is 78.3 Å². The molecule has 0 spiro atoms. The van der Waals surface area contributed by atoms with E-state index in [4.69, 9.17) is 63.1 Å². The quantitative estimate of drug-likeness (QED) is 0.0142. The number of nitrogens with zero attached hydrogens (tertiary/aromatic N) is 3. The van der Waals surface area contributed by atoms with Gasteiger partial charge in [0, 0.05) is 87.7 Å². The fourth-order valence-corrected chi connectivity index (χ4v) is 12.9. The third-order valence-electron chi connectivity index (χ3n) is 18.7. The predicted molar refractivity (Wildman–Crippen MR) is 451 cm³/mol. The molecular weight excluding hydrogens is 1550 g/mol. The van der Waals surface area contributed by atoms with E-state index in [1.165, 1.54) is 72.8 Å². The Morgan fingerprint density at radius 1 is 0.688 bits per heavy atom. The van der Waals surface area contributed by atoms with Crippen LogP contribution in [0.15, 0.2) is 197 Å². The first kappa shape index (κ1) is 95.4. The highest BCUT2D eigenvalue weighted by Crippen LogP contribution is 2.38. The van der Waals surface area contributed by atoms with Crippen LogP contribution in [0.3, 0.4) is 0 Å². The van der Waals surface area contributed by atoms with Crippen molar-refractivity contribution >= 4 is 62.6 Å². The largest absolute Gasteiger partial charge is 0.497 e. The number of methoxy groups -OCH3 is 5. The molecule has 6 aliphatic heterocycles. The molecule has 22 heteroatoms. The van der Waals surface area contributed by atoms with E-state index in [1.54, 1.807) is 50.4 Å². The summed E-state index contributed by atoms with van der Waals surface area (Å²) in [6.45, 7) is 38.6. The van der Waals surface area contributed by atoms with Crippen molar-refractivity contribution in [2.24, 2.45) is 5.92 Å². The number of fused-ring (bicyclic) bond motifs is 4. The number of benzene rings is 6. The van der Waals surface area contributed by atoms with Crippen molar-refractivity contribution in [1.29, 1.82) is 0 Å². The number of allylic oxidation sites excluding steroid dienone is 4. The van der Waals surface area contributed by atoms with Gasteiger partial charge in [0.1, 0.15) is 34.9 Å². The number of carboxylic acid groups (broad SMARTS) is 1. The topological polar surface area (TPSA) is 248 Å². The molecule has 3 amide bonds. The third kappa shape index (κ3) is 29.5. The van der Waals surface area contributed by atoms with Crippen molar-refractivity contribution in [2.45, 2.75) is 176 Å². The van der Waals surface area contributed by atoms with Gasteiger partial charge in [-0.15, -0.1) is 0 Å². The van der Waals surface area contributed by atoms with E-state index in [1.807, 2.05) is 86.4 Å². The summed E-state index contributed by atoms with van der Waals surface area (Å²) in [7, 11) is 10.0. The second kappa shape index (κ2) is 48.9. The van der Waals surface area contributed by atoms with Gasteiger partial charge in [-0.25, -0.2) is 0 Å². The van der Waals surface area contributed by atoms with E-state index in [-0.39, 0.29) is 54.4 Å². The molecule has 0 bridgehead atoms. The molecule has 7 aliphatic rings. The highest BCUT2D eigenvalue weighted by Gasteiger charge is 2.38. The predicted octanol–water partition coefficient (Wildman–Crippen LogP) is 17.6. The number of hydrogen-bond acceptors (Lipinski definition) is 16. The number of amides is 3. The van der Waals surface area contributed by atoms with Gasteiger partial charge in [-0.05, 0) is 179 Å². The molecule has 13 rings (SSSR count). The monoisotopic (exact) mass is 1670 g/mol. The van der Waals surface area contributed by atoms with Gasteiger partial charge in [-0.2, -0.15) is 0 Å². The van der Waals surface area contributed by atoms with Gasteiger partial charge >= 0.3 is 0 Å². The smallest absolute Gasteiger partial charge is 0.290 e. The average Bonchev–Trinajstić information content (AvgIpc) is 1.60. The molecular formula is C90H118Br2N4O16. The van der Waals surface area contributed by atoms with Crippen molar-refractivity contribution in [1.82, 2.24) is 20.0 Å². The molecule has 608 valence electrons. The summed E-state index contributed by atoms with van der Waals surface area (Å²) in [5.41, 5.74) is 16.7. The van der Waals surface area contributed by atoms with Gasteiger partial charge in [0.15, 0.2) is 6.29 Å². The second-order valence-electron chi connectivity index (χ2n) is 27.9. The average molecular weight is 1670 g/mol. The van der Waals surface area contributed by atoms with Crippen LogP contribution in [0.4, 0.5) is 0 Å². The number of halogens is 2. The molecule has 1 aliphatic carbocycles. The van der Waals surface area contributed by atoms with Gasteiger partial charge in [0.25, 0.3) is 18.3 Å². The molecule has 2 saturated heterocycles. The Bertz CT molecular complexity index is 4160. The van der Waals surface area contributed by atoms with Crippen LogP contribution in [0, 0.1) is 5.92 Å². The van der Waals surface area contributed by atoms with Crippen molar-refractivity contribution in [3.05, 3.63) is 269 Å². The molecule has 5 N–H and O–H groups in total. The number of aliphatic hydroxyl groups excluding tert-OH is 3. The van der Waals surface area contributed by atoms with Crippen LogP contribution in [0.2, 0.25) is 0 Å². The minimum Gasteiger partial charge on any atom is -0.497 e. The molecule has 4 atom stereocenters. The van der Waals surface area contributed by atoms with Crippen LogP contribution in [0.25, 0.3) is 6.08 Å². The number of aliphatic hydroxyl groups is 3. The molecule has 20 nitrogen and oxygen atoms in total. The number of nitrogens with one attached hydrogen (secondary N) is 1. The van der Waals surface area contributed by atoms with Gasteiger partial charge in [-0.1, -0.05) is 185 Å². The standard InChI is InChI=1S/C22H27NO4.C22H25NO3.C10H14O.C9H8BrNO.C8H8BrN.C8H14O2.C8H12O.CH2O2.2CH4O/c1-14(2)8-19(25-4)10-20(26-5)15(3)22(24)23-11-17-7-6-16(21-13-27-21)9-18(17)12-23;1-6-15-7-8-16-12-23(13-17(16)9-15)22(24)19-10-18(14(2)3)20(25-4)11-21(19)26-5;1-8(2)9-4-6-10(11-3)7-5-9;10-9-2-1-7-4-11(6-12)5-8(7)3-9;9-8-2-1-6-4-10-5-7(6)3-8;1-5-7-9-6(2)8(3,4)10-7;1-2-7-3-5-8(9)6-4-7;2-1-3;2*1-2/h6-10,14,21H,3,11-13H2,1-2,4-5H3;6-11,14H,1,12-13H2,2-5H3;4-8H,1-3H3;1-3,6H,4-5H2;1-3,10H,4-5H2;5-7H,1H2,2-4H3;3-5,8-9H,2,6H2,1H3;1H,(H,2,3);2*2H,1H3/b19-8-,20-10+;;;;;;;;;. The lowest BCUT2D eigenvalue weighted by Crippen LogP contribution is -2.30. The number of epoxide rings is 1. The molecule has 6 heterocycles. The maximum absolute atomic E-state index is 13.2. The van der Waals surface area contributed by atoms with E-state index in [0.29, 0.717) is 66.4 Å². The third-order valence-corrected chi connectivity index (χ3v) is 19.7. The Morgan fingerprint density at radius 3 is 1.75 bits per heavy atom. The van der Waals surface area contributed by atoms with Crippen molar-refractivity contribution in [2.75, 3.05) is 56.4 Å². The summed E-state index contributed by atoms with van der Waals surface area (Å²) < 4.78 is 45.2. The second-order valence-corrected chi connectivity index (χ2v) is 29.8. The summed E-state index contributed by atoms with van der Waals surface area (Å²) in [4.78, 5) is 50.4. The SMILES string of the molecule is Brc1ccc2c(c1)CNC2.C=C(C(=O)N1Cc2ccc(C3CO3)cc2C1)/C(=C\C(=C\C(C)C)OC)OC.C=CC1OC(C)C(C)(C)O1.C=Cc1ccc2c(c1)CN(C(=O)c1cc(C(C)C)c(OC)cc1OC)C2.CCC1=CCC(O)C=C1.CO.CO.COc1ccc(C(C)C)cc1.O=CN1Cc2ccc(Br)cc2C1.O=CO. The molecule has 6 aromatic carbocycles. The van der Waals surface area contributed by atoms with Crippen molar-refractivity contribution in [3.8, 4) is 17.2 Å². The Kier molecular flexibility index (Phi) is 41.6. The minimum absolute atomic E-state index is 0.0252. The van der Waals surface area contributed by atoms with Crippen molar-refractivity contribution in [3.63, 3.8) is 0 Å². The normalized spacial score (nSPS) is 17.2. The molecule has 4 unspecified atom stereocenters. The van der Waals surface area contributed by atoms with Crippen LogP contribution in [0.5, 0.6) is 17.2 Å². The van der Waals surface area contributed by atoms with Gasteiger partial charge in [0.05, 0.1) is 71.1 Å². The molecule has 112 heavy (non-hydrogen) atoms. The minimum atomic E-state index is -0.250. The molecule has 0 radical (unpaired) electrons. The highest BCUT2D eigenvalue weighted by molar-refractivity contribution is 9.10. The zero-order valence-electron chi connectivity index (χ0n) is 68.3. The zero-order valence-corrected chi connectivity index (χ0v) is 71.5. The number of carbonyl (C=O) groups is 4. The maximum Gasteiger partial charge on any atom is 0.290 e. The Hall–Kier alpha value is -8.94. The fourth-order valence-electron chi connectivity index (χ4n) is 12.1. The lowest BCUT2D eigenvalue weighted by atomic mass is 9.98. The van der Waals surface area contributed by atoms with E-state index in [2.05, 4.69) is 184 Å². The Labute approximate surface area is 681 Å². The lowest BCUT2D eigenvalue weighted by Gasteiger charge is -2.20. The summed E-state index contributed by atoms with van der Waals surface area (Å²) in [6, 6.07) is 37.0. The Balaban J connectivity index is 0.000000284. The van der Waals surface area contributed by atoms with Gasteiger partial charge in [0.2, 0.25) is 6.41 Å². The number of rotatable bonds is 17. The first-order valence-electron chi connectivity index (χ1n) is 37.2. The maximum atomic E-state index is 13.2. The van der Waals surface area contributed by atoms with Crippen LogP contribution in [-0.4, -0.2) is 140 Å². The molecule has 0 saturated carbocycles. The van der Waals surface area contributed by atoms with Crippen LogP contribution >= 0.6 is 31.9 Å². The summed E-state index contributed by atoms with van der Waals surface area (Å²) >= 11 is 6.84. The van der Waals surface area contributed by atoms with E-state index in [9.17, 15) is 14.4 Å². The first-order chi connectivity index (χ1) is 53.6. The van der Waals surface area contributed by atoms with E-state index >= 15 is 0 Å². The van der Waals surface area contributed by atoms with Crippen molar-refractivity contribution < 1.29 is 77.5 Å². The zero-order chi connectivity index (χ0) is 83.4. The highest BCUT2D eigenvalue weighted by atomic mass is 79.9. The number of hydrogen-bond donors (Lipinski definition) is 5. The number of carbonyl (C=O) groups excluding carboxylic acids is 3. The summed E-state index contributed by atoms with van der Waals surface area (Å²) in [5.74, 6) is 4.27. The van der Waals surface area contributed by atoms with E-state index < -0.39 is 0 Å². The summed E-state index contributed by atoms with van der Waals surface area (Å²) in [5, 5.41) is 33.2.